The molecular formula is C16H24N2O4S. The molecule has 1 aliphatic heterocycles. The van der Waals surface area contributed by atoms with Crippen molar-refractivity contribution < 1.29 is 17.9 Å². The Morgan fingerprint density at radius 1 is 1.30 bits per heavy atom. The zero-order chi connectivity index (χ0) is 17.0. The highest BCUT2D eigenvalue weighted by molar-refractivity contribution is 7.89. The Morgan fingerprint density at radius 3 is 2.61 bits per heavy atom. The van der Waals surface area contributed by atoms with Gasteiger partial charge in [-0.25, -0.2) is 13.2 Å². The van der Waals surface area contributed by atoms with Gasteiger partial charge in [0.2, 0.25) is 0 Å². The quantitative estimate of drug-likeness (QED) is 0.902. The minimum atomic E-state index is -3.11. The molecule has 0 spiro atoms. The molecule has 1 heterocycles. The van der Waals surface area contributed by atoms with E-state index in [-0.39, 0.29) is 23.9 Å². The van der Waals surface area contributed by atoms with Gasteiger partial charge in [-0.2, -0.15) is 0 Å². The summed E-state index contributed by atoms with van der Waals surface area (Å²) in [5, 5.41) is 2.88. The molecule has 23 heavy (non-hydrogen) atoms. The molecule has 1 saturated heterocycles. The predicted octanol–water partition coefficient (Wildman–Crippen LogP) is 1.55. The van der Waals surface area contributed by atoms with Gasteiger partial charge in [0.1, 0.15) is 0 Å². The van der Waals surface area contributed by atoms with Crippen molar-refractivity contribution in [1.29, 1.82) is 0 Å². The second-order valence-corrected chi connectivity index (χ2v) is 8.28. The first-order valence-electron chi connectivity index (χ1n) is 7.67. The summed E-state index contributed by atoms with van der Waals surface area (Å²) in [5.74, 6) is -0.0238. The summed E-state index contributed by atoms with van der Waals surface area (Å²) in [6.07, 6.45) is 1.23. The first-order valence-corrected chi connectivity index (χ1v) is 9.73. The van der Waals surface area contributed by atoms with E-state index >= 15 is 0 Å². The average molecular weight is 340 g/mol. The minimum Gasteiger partial charge on any atom is -0.375 e. The fourth-order valence-electron chi connectivity index (χ4n) is 2.61. The van der Waals surface area contributed by atoms with E-state index in [9.17, 15) is 13.2 Å². The van der Waals surface area contributed by atoms with Crippen molar-refractivity contribution in [3.05, 3.63) is 35.4 Å². The van der Waals surface area contributed by atoms with Gasteiger partial charge in [0.25, 0.3) is 0 Å². The van der Waals surface area contributed by atoms with Crippen LogP contribution in [0.4, 0.5) is 4.79 Å². The van der Waals surface area contributed by atoms with Crippen LogP contribution in [-0.2, 0) is 26.9 Å². The molecule has 1 aromatic rings. The van der Waals surface area contributed by atoms with Crippen LogP contribution < -0.4 is 5.32 Å². The number of morpholine rings is 1. The van der Waals surface area contributed by atoms with Crippen molar-refractivity contribution in [2.45, 2.75) is 38.3 Å². The van der Waals surface area contributed by atoms with Crippen LogP contribution in [0.1, 0.15) is 25.0 Å². The van der Waals surface area contributed by atoms with Crippen LogP contribution in [0.2, 0.25) is 0 Å². The summed E-state index contributed by atoms with van der Waals surface area (Å²) < 4.78 is 28.5. The number of urea groups is 1. The van der Waals surface area contributed by atoms with Crippen molar-refractivity contribution >= 4 is 15.9 Å². The van der Waals surface area contributed by atoms with E-state index in [4.69, 9.17) is 4.74 Å². The lowest BCUT2D eigenvalue weighted by molar-refractivity contribution is -0.0318. The number of nitrogens with one attached hydrogen (secondary N) is 1. The Morgan fingerprint density at radius 2 is 1.96 bits per heavy atom. The van der Waals surface area contributed by atoms with E-state index in [1.54, 1.807) is 17.0 Å². The summed E-state index contributed by atoms with van der Waals surface area (Å²) in [5.41, 5.74) is 1.54. The molecule has 0 aliphatic carbocycles. The topological polar surface area (TPSA) is 75.7 Å². The lowest BCUT2D eigenvalue weighted by Crippen LogP contribution is -2.53. The highest BCUT2D eigenvalue weighted by Gasteiger charge is 2.27. The van der Waals surface area contributed by atoms with Crippen molar-refractivity contribution in [3.63, 3.8) is 0 Å². The number of ether oxygens (including phenoxy) is 1. The molecule has 1 aliphatic rings. The molecule has 2 atom stereocenters. The van der Waals surface area contributed by atoms with Gasteiger partial charge in [0, 0.05) is 19.3 Å². The van der Waals surface area contributed by atoms with E-state index in [1.165, 1.54) is 6.26 Å². The summed E-state index contributed by atoms with van der Waals surface area (Å²) in [6.45, 7) is 5.27. The van der Waals surface area contributed by atoms with Crippen molar-refractivity contribution in [1.82, 2.24) is 10.2 Å². The highest BCUT2D eigenvalue weighted by Crippen LogP contribution is 2.14. The predicted molar refractivity (Wildman–Crippen MR) is 88.8 cm³/mol. The second kappa shape index (κ2) is 7.31. The third-order valence-corrected chi connectivity index (χ3v) is 4.67. The van der Waals surface area contributed by atoms with Crippen molar-refractivity contribution in [2.75, 3.05) is 19.4 Å². The molecule has 0 radical (unpaired) electrons. The Balaban J connectivity index is 2.02. The van der Waals surface area contributed by atoms with Gasteiger partial charge in [-0.3, -0.25) is 0 Å². The molecule has 1 N–H and O–H groups in total. The number of carbonyl (C=O) groups excluding carboxylic acids is 1. The number of amides is 2. The number of sulfone groups is 1. The second-order valence-electron chi connectivity index (χ2n) is 6.14. The van der Waals surface area contributed by atoms with E-state index in [1.807, 2.05) is 26.0 Å². The number of hydrogen-bond acceptors (Lipinski definition) is 4. The van der Waals surface area contributed by atoms with E-state index in [0.29, 0.717) is 19.7 Å². The summed E-state index contributed by atoms with van der Waals surface area (Å²) in [4.78, 5) is 14.1. The van der Waals surface area contributed by atoms with Gasteiger partial charge in [0.05, 0.1) is 24.5 Å². The standard InChI is InChI=1S/C16H24N2O4S/c1-12-10-22-13(2)9-18(12)16(19)17-8-14-6-4-5-7-15(14)11-23(3,20)21/h4-7,12-13H,8-11H2,1-3H3,(H,17,19)/t12-,13+/m1/s1. The maximum Gasteiger partial charge on any atom is 0.318 e. The Kier molecular flexibility index (Phi) is 5.64. The van der Waals surface area contributed by atoms with E-state index in [0.717, 1.165) is 11.1 Å². The van der Waals surface area contributed by atoms with Gasteiger partial charge in [-0.1, -0.05) is 24.3 Å². The fraction of sp³-hybridized carbons (Fsp3) is 0.562. The highest BCUT2D eigenvalue weighted by atomic mass is 32.2. The maximum absolute atomic E-state index is 12.4. The molecule has 128 valence electrons. The summed E-state index contributed by atoms with van der Waals surface area (Å²) >= 11 is 0. The molecular weight excluding hydrogens is 316 g/mol. The average Bonchev–Trinajstić information content (AvgIpc) is 2.47. The third kappa shape index (κ3) is 5.21. The van der Waals surface area contributed by atoms with Crippen LogP contribution in [0.25, 0.3) is 0 Å². The molecule has 6 nitrogen and oxygen atoms in total. The van der Waals surface area contributed by atoms with Gasteiger partial charge in [0.15, 0.2) is 9.84 Å². The van der Waals surface area contributed by atoms with E-state index < -0.39 is 9.84 Å². The molecule has 1 fully saturated rings. The number of benzene rings is 1. The van der Waals surface area contributed by atoms with Crippen LogP contribution in [-0.4, -0.2) is 50.9 Å². The van der Waals surface area contributed by atoms with Crippen LogP contribution in [0.15, 0.2) is 24.3 Å². The molecule has 0 unspecified atom stereocenters. The maximum atomic E-state index is 12.4. The van der Waals surface area contributed by atoms with Crippen LogP contribution in [0.3, 0.4) is 0 Å². The van der Waals surface area contributed by atoms with Crippen LogP contribution in [0, 0.1) is 0 Å². The lowest BCUT2D eigenvalue weighted by Gasteiger charge is -2.36. The van der Waals surface area contributed by atoms with Crippen molar-refractivity contribution in [3.8, 4) is 0 Å². The molecule has 1 aromatic carbocycles. The monoisotopic (exact) mass is 340 g/mol. The van der Waals surface area contributed by atoms with Gasteiger partial charge in [-0.15, -0.1) is 0 Å². The van der Waals surface area contributed by atoms with Crippen LogP contribution >= 0.6 is 0 Å². The molecule has 0 saturated carbocycles. The van der Waals surface area contributed by atoms with Crippen LogP contribution in [0.5, 0.6) is 0 Å². The smallest absolute Gasteiger partial charge is 0.318 e. The Labute approximate surface area is 137 Å². The zero-order valence-corrected chi connectivity index (χ0v) is 14.6. The largest absolute Gasteiger partial charge is 0.375 e. The summed E-state index contributed by atoms with van der Waals surface area (Å²) in [7, 11) is -3.11. The lowest BCUT2D eigenvalue weighted by atomic mass is 10.1. The SMILES string of the molecule is C[C@@H]1CO[C@@H](C)CN1C(=O)NCc1ccccc1CS(C)(=O)=O. The number of rotatable bonds is 4. The number of hydrogen-bond donors (Lipinski definition) is 1. The van der Waals surface area contributed by atoms with E-state index in [2.05, 4.69) is 5.32 Å². The third-order valence-electron chi connectivity index (χ3n) is 3.83. The first-order chi connectivity index (χ1) is 10.8. The van der Waals surface area contributed by atoms with Gasteiger partial charge >= 0.3 is 6.03 Å². The van der Waals surface area contributed by atoms with Gasteiger partial charge in [-0.05, 0) is 25.0 Å². The molecule has 7 heteroatoms. The number of carbonyl (C=O) groups is 1. The molecule has 2 amide bonds. The molecule has 0 bridgehead atoms. The minimum absolute atomic E-state index is 0.0227. The summed E-state index contributed by atoms with van der Waals surface area (Å²) in [6, 6.07) is 7.14. The zero-order valence-electron chi connectivity index (χ0n) is 13.8. The first kappa shape index (κ1) is 17.7. The Bertz CT molecular complexity index is 660. The van der Waals surface area contributed by atoms with Crippen molar-refractivity contribution in [2.24, 2.45) is 0 Å². The van der Waals surface area contributed by atoms with Gasteiger partial charge < -0.3 is 15.0 Å². The normalized spacial score (nSPS) is 22.0. The Hall–Kier alpha value is -1.60. The number of nitrogens with zero attached hydrogens (tertiary/aromatic N) is 1. The molecule has 2 rings (SSSR count). The molecule has 0 aromatic heterocycles. The fourth-order valence-corrected chi connectivity index (χ4v) is 3.46.